The Labute approximate surface area is 83.1 Å². The molecule has 0 atom stereocenters. The number of aryl methyl sites for hydroxylation is 1. The van der Waals surface area contributed by atoms with Crippen LogP contribution in [0.3, 0.4) is 0 Å². The van der Waals surface area contributed by atoms with Gasteiger partial charge in [-0.3, -0.25) is 15.1 Å². The first-order valence-corrected chi connectivity index (χ1v) is 3.81. The van der Waals surface area contributed by atoms with Gasteiger partial charge in [0.2, 0.25) is 0 Å². The van der Waals surface area contributed by atoms with E-state index in [2.05, 4.69) is 4.98 Å². The molecule has 15 heavy (non-hydrogen) atoms. The minimum absolute atomic E-state index is 0.0676. The molecule has 0 aliphatic carbocycles. The van der Waals surface area contributed by atoms with Gasteiger partial charge >= 0.3 is 0 Å². The summed E-state index contributed by atoms with van der Waals surface area (Å²) in [4.78, 5) is 13.0. The molecule has 0 saturated heterocycles. The molecule has 78 valence electrons. The average molecular weight is 213 g/mol. The third-order valence-corrected chi connectivity index (χ3v) is 1.73. The van der Waals surface area contributed by atoms with Crippen LogP contribution < -0.4 is 0 Å². The van der Waals surface area contributed by atoms with Crippen LogP contribution in [0.25, 0.3) is 0 Å². The molecule has 1 heterocycles. The van der Waals surface area contributed by atoms with Crippen LogP contribution in [0.2, 0.25) is 0 Å². The Morgan fingerprint density at radius 2 is 2.27 bits per heavy atom. The van der Waals surface area contributed by atoms with E-state index in [1.54, 1.807) is 6.07 Å². The number of hydrogen-bond acceptors (Lipinski definition) is 4. The summed E-state index contributed by atoms with van der Waals surface area (Å²) < 4.78 is 24.5. The smallest absolute Gasteiger partial charge is 0.258 e. The van der Waals surface area contributed by atoms with Crippen LogP contribution in [-0.4, -0.2) is 9.91 Å². The maximum atomic E-state index is 12.3. The molecule has 0 aliphatic heterocycles. The minimum atomic E-state index is -2.89. The molecule has 0 saturated carbocycles. The second-order valence-electron chi connectivity index (χ2n) is 2.70. The van der Waals surface area contributed by atoms with Crippen molar-refractivity contribution in [1.82, 2.24) is 4.98 Å². The summed E-state index contributed by atoms with van der Waals surface area (Å²) in [5.74, 6) is 0. The first-order chi connectivity index (χ1) is 6.97. The van der Waals surface area contributed by atoms with Crippen molar-refractivity contribution in [2.75, 3.05) is 0 Å². The molecule has 0 N–H and O–H groups in total. The van der Waals surface area contributed by atoms with Crippen molar-refractivity contribution < 1.29 is 13.7 Å². The number of halogens is 2. The van der Waals surface area contributed by atoms with Gasteiger partial charge in [0.1, 0.15) is 11.8 Å². The van der Waals surface area contributed by atoms with Crippen molar-refractivity contribution in [3.8, 4) is 6.07 Å². The lowest BCUT2D eigenvalue weighted by atomic mass is 10.1. The van der Waals surface area contributed by atoms with E-state index in [0.29, 0.717) is 6.07 Å². The van der Waals surface area contributed by atoms with E-state index in [1.165, 1.54) is 6.92 Å². The lowest BCUT2D eigenvalue weighted by Crippen LogP contribution is -2.01. The van der Waals surface area contributed by atoms with Crippen molar-refractivity contribution in [1.29, 1.82) is 5.26 Å². The van der Waals surface area contributed by atoms with Crippen molar-refractivity contribution in [2.45, 2.75) is 13.3 Å². The Hall–Kier alpha value is -2.10. The number of hydrogen-bond donors (Lipinski definition) is 0. The van der Waals surface area contributed by atoms with Crippen LogP contribution in [0, 0.1) is 28.4 Å². The standard InChI is InChI=1S/C8H5F2N3O2/c1-4-5(3-11)7(13(14)15)2-6(12-4)8(9)10/h2,8H,1H3. The zero-order chi connectivity index (χ0) is 11.6. The SMILES string of the molecule is Cc1nc(C(F)F)cc([N+](=O)[O-])c1C#N. The van der Waals surface area contributed by atoms with E-state index in [1.807, 2.05) is 0 Å². The van der Waals surface area contributed by atoms with Gasteiger partial charge in [0.15, 0.2) is 5.56 Å². The highest BCUT2D eigenvalue weighted by molar-refractivity contribution is 5.51. The van der Waals surface area contributed by atoms with Crippen LogP contribution >= 0.6 is 0 Å². The minimum Gasteiger partial charge on any atom is -0.258 e. The third kappa shape index (κ3) is 2.04. The molecule has 0 spiro atoms. The highest BCUT2D eigenvalue weighted by Crippen LogP contribution is 2.26. The summed E-state index contributed by atoms with van der Waals surface area (Å²) in [6.07, 6.45) is -2.89. The monoisotopic (exact) mass is 213 g/mol. The Morgan fingerprint density at radius 1 is 1.67 bits per heavy atom. The van der Waals surface area contributed by atoms with Crippen molar-refractivity contribution in [3.63, 3.8) is 0 Å². The topological polar surface area (TPSA) is 79.8 Å². The van der Waals surface area contributed by atoms with Crippen molar-refractivity contribution in [3.05, 3.63) is 33.1 Å². The van der Waals surface area contributed by atoms with Gasteiger partial charge in [0, 0.05) is 6.07 Å². The number of nitriles is 1. The van der Waals surface area contributed by atoms with E-state index < -0.39 is 22.7 Å². The fourth-order valence-electron chi connectivity index (χ4n) is 1.07. The van der Waals surface area contributed by atoms with E-state index in [0.717, 1.165) is 0 Å². The van der Waals surface area contributed by atoms with Gasteiger partial charge in [-0.15, -0.1) is 0 Å². The molecule has 0 aliphatic rings. The van der Waals surface area contributed by atoms with E-state index in [4.69, 9.17) is 5.26 Å². The molecule has 0 aromatic carbocycles. The molecule has 0 radical (unpaired) electrons. The molecule has 7 heteroatoms. The van der Waals surface area contributed by atoms with E-state index in [-0.39, 0.29) is 11.3 Å². The number of rotatable bonds is 2. The third-order valence-electron chi connectivity index (χ3n) is 1.73. The maximum absolute atomic E-state index is 12.3. The summed E-state index contributed by atoms with van der Waals surface area (Å²) in [5.41, 5.74) is -1.69. The maximum Gasteiger partial charge on any atom is 0.290 e. The largest absolute Gasteiger partial charge is 0.290 e. The molecule has 1 rings (SSSR count). The second-order valence-corrected chi connectivity index (χ2v) is 2.70. The van der Waals surface area contributed by atoms with Gasteiger partial charge in [-0.25, -0.2) is 8.78 Å². The molecule has 0 amide bonds. The van der Waals surface area contributed by atoms with Crippen LogP contribution in [0.1, 0.15) is 23.4 Å². The molecule has 1 aromatic rings. The van der Waals surface area contributed by atoms with E-state index in [9.17, 15) is 18.9 Å². The molecular formula is C8H5F2N3O2. The highest BCUT2D eigenvalue weighted by atomic mass is 19.3. The van der Waals surface area contributed by atoms with Gasteiger partial charge in [0.25, 0.3) is 12.1 Å². The molecule has 0 bridgehead atoms. The first kappa shape index (κ1) is 11.0. The number of nitrogens with zero attached hydrogens (tertiary/aromatic N) is 3. The lowest BCUT2D eigenvalue weighted by molar-refractivity contribution is -0.385. The van der Waals surface area contributed by atoms with Gasteiger partial charge in [0.05, 0.1) is 10.6 Å². The van der Waals surface area contributed by atoms with Gasteiger partial charge in [-0.1, -0.05) is 0 Å². The van der Waals surface area contributed by atoms with Crippen LogP contribution in [0.15, 0.2) is 6.07 Å². The summed E-state index contributed by atoms with van der Waals surface area (Å²) in [6.45, 7) is 1.28. The summed E-state index contributed by atoms with van der Waals surface area (Å²) in [7, 11) is 0. The molecule has 5 nitrogen and oxygen atoms in total. The Bertz CT molecular complexity index is 454. The van der Waals surface area contributed by atoms with Gasteiger partial charge in [-0.05, 0) is 6.92 Å². The molecular weight excluding hydrogens is 208 g/mol. The van der Waals surface area contributed by atoms with Crippen LogP contribution in [-0.2, 0) is 0 Å². The van der Waals surface area contributed by atoms with E-state index >= 15 is 0 Å². The lowest BCUT2D eigenvalue weighted by Gasteiger charge is -2.02. The van der Waals surface area contributed by atoms with Crippen molar-refractivity contribution >= 4 is 5.69 Å². The Morgan fingerprint density at radius 3 is 2.67 bits per heavy atom. The number of pyridine rings is 1. The second kappa shape index (κ2) is 3.96. The molecule has 0 unspecified atom stereocenters. The predicted molar refractivity (Wildman–Crippen MR) is 45.3 cm³/mol. The fraction of sp³-hybridized carbons (Fsp3) is 0.250. The van der Waals surface area contributed by atoms with Crippen molar-refractivity contribution in [2.24, 2.45) is 0 Å². The Balaban J connectivity index is 3.47. The Kier molecular flexibility index (Phi) is 2.90. The van der Waals surface area contributed by atoms with Gasteiger partial charge in [-0.2, -0.15) is 5.26 Å². The van der Waals surface area contributed by atoms with Crippen LogP contribution in [0.5, 0.6) is 0 Å². The van der Waals surface area contributed by atoms with Crippen LogP contribution in [0.4, 0.5) is 14.5 Å². The summed E-state index contributed by atoms with van der Waals surface area (Å²) in [5, 5.41) is 19.1. The number of aromatic nitrogens is 1. The number of alkyl halides is 2. The predicted octanol–water partition coefficient (Wildman–Crippen LogP) is 2.11. The quantitative estimate of drug-likeness (QED) is 0.556. The average Bonchev–Trinajstić information content (AvgIpc) is 2.16. The number of nitro groups is 1. The fourth-order valence-corrected chi connectivity index (χ4v) is 1.07. The first-order valence-electron chi connectivity index (χ1n) is 3.81. The summed E-state index contributed by atoms with van der Waals surface area (Å²) in [6, 6.07) is 2.18. The zero-order valence-electron chi connectivity index (χ0n) is 7.57. The highest BCUT2D eigenvalue weighted by Gasteiger charge is 2.22. The molecule has 1 aromatic heterocycles. The summed E-state index contributed by atoms with van der Waals surface area (Å²) >= 11 is 0. The normalized spacial score (nSPS) is 10.1. The molecule has 0 fully saturated rings. The van der Waals surface area contributed by atoms with Gasteiger partial charge < -0.3 is 0 Å². The zero-order valence-corrected chi connectivity index (χ0v) is 7.57.